The van der Waals surface area contributed by atoms with Gasteiger partial charge in [0.2, 0.25) is 0 Å². The van der Waals surface area contributed by atoms with Gasteiger partial charge >= 0.3 is 0 Å². The second-order valence-electron chi connectivity index (χ2n) is 3.17. The fourth-order valence-corrected chi connectivity index (χ4v) is 1.33. The van der Waals surface area contributed by atoms with Crippen molar-refractivity contribution in [1.82, 2.24) is 5.32 Å². The Kier molecular flexibility index (Phi) is 4.17. The summed E-state index contributed by atoms with van der Waals surface area (Å²) in [5, 5.41) is 6.01. The van der Waals surface area contributed by atoms with Gasteiger partial charge in [0.15, 0.2) is 0 Å². The molecule has 0 aliphatic rings. The van der Waals surface area contributed by atoms with E-state index < -0.39 is 0 Å². The Morgan fingerprint density at radius 1 is 1.56 bits per heavy atom. The van der Waals surface area contributed by atoms with E-state index in [9.17, 15) is 4.79 Å². The van der Waals surface area contributed by atoms with Crippen LogP contribution in [0.5, 0.6) is 0 Å². The van der Waals surface area contributed by atoms with E-state index in [2.05, 4.69) is 15.3 Å². The molecule has 16 heavy (non-hydrogen) atoms. The third kappa shape index (κ3) is 2.65. The van der Waals surface area contributed by atoms with E-state index in [1.807, 2.05) is 6.07 Å². The van der Waals surface area contributed by atoms with Crippen molar-refractivity contribution in [2.24, 2.45) is 5.11 Å². The van der Waals surface area contributed by atoms with Crippen LogP contribution in [0.2, 0.25) is 0 Å². The van der Waals surface area contributed by atoms with Gasteiger partial charge in [-0.15, -0.1) is 0 Å². The van der Waals surface area contributed by atoms with Gasteiger partial charge in [-0.2, -0.15) is 0 Å². The Hall–Kier alpha value is -2.20. The summed E-state index contributed by atoms with van der Waals surface area (Å²) in [4.78, 5) is 16.0. The van der Waals surface area contributed by atoms with E-state index in [4.69, 9.17) is 5.53 Å². The summed E-state index contributed by atoms with van der Waals surface area (Å²) in [7, 11) is 3.34. The van der Waals surface area contributed by atoms with E-state index >= 15 is 0 Å². The van der Waals surface area contributed by atoms with Gasteiger partial charge in [-0.05, 0) is 17.7 Å². The Morgan fingerprint density at radius 3 is 2.88 bits per heavy atom. The zero-order valence-corrected chi connectivity index (χ0v) is 9.21. The minimum absolute atomic E-state index is 0.164. The van der Waals surface area contributed by atoms with Gasteiger partial charge < -0.3 is 10.2 Å². The smallest absolute Gasteiger partial charge is 0.253 e. The van der Waals surface area contributed by atoms with Crippen molar-refractivity contribution >= 4 is 11.6 Å². The lowest BCUT2D eigenvalue weighted by Crippen LogP contribution is -2.24. The van der Waals surface area contributed by atoms with Crippen molar-refractivity contribution in [3.63, 3.8) is 0 Å². The maximum absolute atomic E-state index is 11.6. The van der Waals surface area contributed by atoms with Crippen molar-refractivity contribution in [1.29, 1.82) is 0 Å². The highest BCUT2D eigenvalue weighted by molar-refractivity contribution is 5.99. The molecule has 1 aromatic rings. The number of para-hydroxylation sites is 1. The minimum atomic E-state index is -0.164. The first-order chi connectivity index (χ1) is 7.70. The molecule has 0 unspecified atom stereocenters. The number of carbonyl (C=O) groups is 1. The van der Waals surface area contributed by atoms with E-state index in [1.165, 1.54) is 0 Å². The average molecular weight is 219 g/mol. The summed E-state index contributed by atoms with van der Waals surface area (Å²) in [6.07, 6.45) is 0. The summed E-state index contributed by atoms with van der Waals surface area (Å²) in [6, 6.07) is 7.14. The number of azide groups is 1. The van der Waals surface area contributed by atoms with Crippen LogP contribution in [-0.4, -0.2) is 26.7 Å². The van der Waals surface area contributed by atoms with Crippen LogP contribution in [0.15, 0.2) is 29.4 Å². The number of hydrogen-bond acceptors (Lipinski definition) is 3. The molecule has 0 saturated carbocycles. The summed E-state index contributed by atoms with van der Waals surface area (Å²) in [5.41, 5.74) is 9.53. The number of benzene rings is 1. The van der Waals surface area contributed by atoms with Crippen LogP contribution in [0.1, 0.15) is 10.4 Å². The first-order valence-corrected chi connectivity index (χ1v) is 4.73. The van der Waals surface area contributed by atoms with Crippen molar-refractivity contribution in [3.8, 4) is 0 Å². The normalized spacial score (nSPS) is 9.12. The van der Waals surface area contributed by atoms with Crippen LogP contribution >= 0.6 is 0 Å². The summed E-state index contributed by atoms with van der Waals surface area (Å²) in [5.74, 6) is -0.164. The molecule has 0 spiro atoms. The Bertz CT molecular complexity index is 425. The molecule has 0 aliphatic heterocycles. The summed E-state index contributed by atoms with van der Waals surface area (Å²) in [6.45, 7) is 0.185. The molecule has 0 radical (unpaired) electrons. The maximum Gasteiger partial charge on any atom is 0.253 e. The second kappa shape index (κ2) is 5.63. The molecule has 6 nitrogen and oxygen atoms in total. The molecule has 0 atom stereocenters. The number of anilines is 1. The van der Waals surface area contributed by atoms with Crippen LogP contribution in [0.4, 0.5) is 5.69 Å². The highest BCUT2D eigenvalue weighted by atomic mass is 16.1. The highest BCUT2D eigenvalue weighted by Gasteiger charge is 2.11. The van der Waals surface area contributed by atoms with Crippen LogP contribution in [0.3, 0.4) is 0 Å². The second-order valence-corrected chi connectivity index (χ2v) is 3.17. The van der Waals surface area contributed by atoms with Gasteiger partial charge in [-0.25, -0.2) is 0 Å². The van der Waals surface area contributed by atoms with Gasteiger partial charge in [0, 0.05) is 24.7 Å². The summed E-state index contributed by atoms with van der Waals surface area (Å²) < 4.78 is 0. The molecule has 0 aromatic heterocycles. The number of nitrogens with zero attached hydrogens (tertiary/aromatic N) is 4. The molecule has 0 bridgehead atoms. The van der Waals surface area contributed by atoms with Crippen LogP contribution in [-0.2, 0) is 0 Å². The Balaban J connectivity index is 3.02. The fraction of sp³-hybridized carbons (Fsp3) is 0.300. The molecule has 6 heteroatoms. The van der Waals surface area contributed by atoms with E-state index in [1.54, 1.807) is 37.2 Å². The van der Waals surface area contributed by atoms with E-state index in [-0.39, 0.29) is 12.6 Å². The van der Waals surface area contributed by atoms with E-state index in [0.29, 0.717) is 5.56 Å². The predicted molar refractivity (Wildman–Crippen MR) is 62.2 cm³/mol. The molecule has 84 valence electrons. The largest absolute Gasteiger partial charge is 0.368 e. The average Bonchev–Trinajstić information content (AvgIpc) is 2.35. The van der Waals surface area contributed by atoms with E-state index in [0.717, 1.165) is 5.69 Å². The molecule has 0 saturated heterocycles. The van der Waals surface area contributed by atoms with Gasteiger partial charge in [0.1, 0.15) is 0 Å². The quantitative estimate of drug-likeness (QED) is 0.475. The summed E-state index contributed by atoms with van der Waals surface area (Å²) >= 11 is 0. The van der Waals surface area contributed by atoms with Gasteiger partial charge in [0.25, 0.3) is 5.91 Å². The predicted octanol–water partition coefficient (Wildman–Crippen LogP) is 1.75. The maximum atomic E-state index is 11.6. The van der Waals surface area contributed by atoms with Crippen LogP contribution < -0.4 is 10.2 Å². The van der Waals surface area contributed by atoms with Crippen LogP contribution in [0, 0.1) is 0 Å². The highest BCUT2D eigenvalue weighted by Crippen LogP contribution is 2.18. The monoisotopic (exact) mass is 219 g/mol. The number of carbonyl (C=O) groups excluding carboxylic acids is 1. The number of nitrogens with one attached hydrogen (secondary N) is 1. The SMILES string of the molecule is CNC(=O)c1ccccc1N(C)CN=[N+]=[N-]. The molecule has 0 heterocycles. The Labute approximate surface area is 93.5 Å². The molecular weight excluding hydrogens is 206 g/mol. The molecule has 0 aliphatic carbocycles. The first kappa shape index (κ1) is 11.9. The standard InChI is InChI=1S/C10H13N5O/c1-12-10(16)8-5-3-4-6-9(8)15(2)7-13-14-11/h3-6H,7H2,1-2H3,(H,12,16). The molecule has 1 aromatic carbocycles. The third-order valence-electron chi connectivity index (χ3n) is 2.13. The lowest BCUT2D eigenvalue weighted by Gasteiger charge is -2.19. The molecule has 1 rings (SSSR count). The zero-order valence-electron chi connectivity index (χ0n) is 9.21. The number of hydrogen-bond donors (Lipinski definition) is 1. The topological polar surface area (TPSA) is 81.1 Å². The minimum Gasteiger partial charge on any atom is -0.368 e. The lowest BCUT2D eigenvalue weighted by atomic mass is 10.1. The number of rotatable bonds is 4. The fourth-order valence-electron chi connectivity index (χ4n) is 1.33. The van der Waals surface area contributed by atoms with Crippen molar-refractivity contribution in [3.05, 3.63) is 40.3 Å². The third-order valence-corrected chi connectivity index (χ3v) is 2.13. The van der Waals surface area contributed by atoms with Gasteiger partial charge in [-0.1, -0.05) is 17.2 Å². The molecule has 1 N–H and O–H groups in total. The first-order valence-electron chi connectivity index (χ1n) is 4.73. The zero-order chi connectivity index (χ0) is 12.0. The molecule has 1 amide bonds. The van der Waals surface area contributed by atoms with Gasteiger partial charge in [-0.3, -0.25) is 4.79 Å². The van der Waals surface area contributed by atoms with Gasteiger partial charge in [0.05, 0.1) is 12.2 Å². The Morgan fingerprint density at radius 2 is 2.25 bits per heavy atom. The molecule has 0 fully saturated rings. The number of amides is 1. The van der Waals surface area contributed by atoms with Crippen molar-refractivity contribution in [2.75, 3.05) is 25.7 Å². The lowest BCUT2D eigenvalue weighted by molar-refractivity contribution is 0.0963. The molecular formula is C10H13N5O. The van der Waals surface area contributed by atoms with Crippen LogP contribution in [0.25, 0.3) is 10.4 Å². The van der Waals surface area contributed by atoms with Crippen molar-refractivity contribution < 1.29 is 4.79 Å². The van der Waals surface area contributed by atoms with Crippen molar-refractivity contribution in [2.45, 2.75) is 0 Å².